The highest BCUT2D eigenvalue weighted by Crippen LogP contribution is 2.20. The molecule has 1 amide bonds. The van der Waals surface area contributed by atoms with Crippen molar-refractivity contribution in [3.63, 3.8) is 0 Å². The van der Waals surface area contributed by atoms with E-state index in [1.165, 1.54) is 25.7 Å². The Kier molecular flexibility index (Phi) is 4.22. The van der Waals surface area contributed by atoms with E-state index in [9.17, 15) is 4.79 Å². The van der Waals surface area contributed by atoms with Gasteiger partial charge in [-0.15, -0.1) is 0 Å². The fraction of sp³-hybridized carbons (Fsp3) is 0.900. The second kappa shape index (κ2) is 5.22. The standard InChI is InChI=1S/C10H20N2O/c1-12(10(13)8-11)9-6-4-2-3-5-7-9/h9H,2-8,11H2,1H3. The molecule has 0 radical (unpaired) electrons. The minimum atomic E-state index is 0.0758. The summed E-state index contributed by atoms with van der Waals surface area (Å²) in [5.74, 6) is 0.0758. The topological polar surface area (TPSA) is 46.3 Å². The van der Waals surface area contributed by atoms with Gasteiger partial charge in [-0.2, -0.15) is 0 Å². The molecule has 1 saturated carbocycles. The SMILES string of the molecule is CN(C(=O)CN)C1CCCCCC1. The molecule has 0 aromatic carbocycles. The molecule has 0 aromatic heterocycles. The van der Waals surface area contributed by atoms with Gasteiger partial charge in [0.1, 0.15) is 0 Å². The average molecular weight is 184 g/mol. The van der Waals surface area contributed by atoms with Crippen molar-refractivity contribution in [2.24, 2.45) is 5.73 Å². The van der Waals surface area contributed by atoms with Crippen LogP contribution in [0.2, 0.25) is 0 Å². The first-order valence-corrected chi connectivity index (χ1v) is 5.21. The number of hydrogen-bond acceptors (Lipinski definition) is 2. The van der Waals surface area contributed by atoms with Gasteiger partial charge in [0.05, 0.1) is 6.54 Å². The second-order valence-corrected chi connectivity index (χ2v) is 3.85. The Labute approximate surface area is 80.3 Å². The molecule has 2 N–H and O–H groups in total. The van der Waals surface area contributed by atoms with E-state index in [4.69, 9.17) is 5.73 Å². The molecule has 0 spiro atoms. The van der Waals surface area contributed by atoms with Crippen molar-refractivity contribution in [3.05, 3.63) is 0 Å². The largest absolute Gasteiger partial charge is 0.342 e. The molecule has 0 atom stereocenters. The van der Waals surface area contributed by atoms with Crippen LogP contribution < -0.4 is 5.73 Å². The Morgan fingerprint density at radius 1 is 1.31 bits per heavy atom. The van der Waals surface area contributed by atoms with Gasteiger partial charge in [0.2, 0.25) is 5.91 Å². The lowest BCUT2D eigenvalue weighted by Crippen LogP contribution is -2.40. The summed E-state index contributed by atoms with van der Waals surface area (Å²) >= 11 is 0. The molecule has 0 heterocycles. The fourth-order valence-corrected chi connectivity index (χ4v) is 1.99. The Bertz CT molecular complexity index is 162. The molecule has 1 fully saturated rings. The molecular formula is C10H20N2O. The predicted octanol–water partition coefficient (Wildman–Crippen LogP) is 1.13. The Morgan fingerprint density at radius 3 is 2.31 bits per heavy atom. The van der Waals surface area contributed by atoms with Gasteiger partial charge in [0, 0.05) is 13.1 Å². The highest BCUT2D eigenvalue weighted by Gasteiger charge is 2.19. The third-order valence-corrected chi connectivity index (χ3v) is 2.94. The van der Waals surface area contributed by atoms with E-state index in [2.05, 4.69) is 0 Å². The van der Waals surface area contributed by atoms with Gasteiger partial charge >= 0.3 is 0 Å². The Morgan fingerprint density at radius 2 is 1.85 bits per heavy atom. The molecule has 0 unspecified atom stereocenters. The van der Waals surface area contributed by atoms with Crippen LogP contribution in [0, 0.1) is 0 Å². The number of amides is 1. The zero-order chi connectivity index (χ0) is 9.68. The molecule has 0 bridgehead atoms. The molecule has 1 rings (SSSR count). The van der Waals surface area contributed by atoms with Gasteiger partial charge in [-0.1, -0.05) is 25.7 Å². The zero-order valence-corrected chi connectivity index (χ0v) is 8.46. The van der Waals surface area contributed by atoms with Crippen LogP contribution in [0.1, 0.15) is 38.5 Å². The first-order chi connectivity index (χ1) is 6.25. The van der Waals surface area contributed by atoms with Gasteiger partial charge in [-0.05, 0) is 12.8 Å². The van der Waals surface area contributed by atoms with E-state index in [0.717, 1.165) is 12.8 Å². The van der Waals surface area contributed by atoms with Gasteiger partial charge in [0.25, 0.3) is 0 Å². The lowest BCUT2D eigenvalue weighted by atomic mass is 10.1. The lowest BCUT2D eigenvalue weighted by Gasteiger charge is -2.26. The molecule has 1 aliphatic carbocycles. The average Bonchev–Trinajstić information content (AvgIpc) is 2.43. The number of nitrogens with two attached hydrogens (primary N) is 1. The van der Waals surface area contributed by atoms with Gasteiger partial charge in [0.15, 0.2) is 0 Å². The monoisotopic (exact) mass is 184 g/mol. The minimum absolute atomic E-state index is 0.0758. The summed E-state index contributed by atoms with van der Waals surface area (Å²) in [6.07, 6.45) is 7.46. The number of carbonyl (C=O) groups is 1. The summed E-state index contributed by atoms with van der Waals surface area (Å²) in [5, 5.41) is 0. The fourth-order valence-electron chi connectivity index (χ4n) is 1.99. The molecule has 3 nitrogen and oxygen atoms in total. The maximum absolute atomic E-state index is 11.3. The third kappa shape index (κ3) is 2.99. The maximum atomic E-state index is 11.3. The van der Waals surface area contributed by atoms with Crippen molar-refractivity contribution >= 4 is 5.91 Å². The predicted molar refractivity (Wildman–Crippen MR) is 53.3 cm³/mol. The van der Waals surface area contributed by atoms with Crippen LogP contribution in [-0.4, -0.2) is 30.4 Å². The van der Waals surface area contributed by atoms with Crippen molar-refractivity contribution < 1.29 is 4.79 Å². The Balaban J connectivity index is 2.43. The van der Waals surface area contributed by atoms with Crippen LogP contribution in [0.5, 0.6) is 0 Å². The highest BCUT2D eigenvalue weighted by atomic mass is 16.2. The van der Waals surface area contributed by atoms with E-state index < -0.39 is 0 Å². The van der Waals surface area contributed by atoms with Crippen molar-refractivity contribution in [2.45, 2.75) is 44.6 Å². The number of nitrogens with zero attached hydrogens (tertiary/aromatic N) is 1. The first-order valence-electron chi connectivity index (χ1n) is 5.21. The summed E-state index contributed by atoms with van der Waals surface area (Å²) in [7, 11) is 1.88. The summed E-state index contributed by atoms with van der Waals surface area (Å²) < 4.78 is 0. The molecule has 13 heavy (non-hydrogen) atoms. The molecule has 3 heteroatoms. The molecule has 0 saturated heterocycles. The Hall–Kier alpha value is -0.570. The van der Waals surface area contributed by atoms with Gasteiger partial charge in [-0.3, -0.25) is 4.79 Å². The third-order valence-electron chi connectivity index (χ3n) is 2.94. The van der Waals surface area contributed by atoms with E-state index >= 15 is 0 Å². The molecular weight excluding hydrogens is 164 g/mol. The second-order valence-electron chi connectivity index (χ2n) is 3.85. The van der Waals surface area contributed by atoms with E-state index in [-0.39, 0.29) is 12.5 Å². The molecule has 0 aromatic rings. The van der Waals surface area contributed by atoms with E-state index in [1.807, 2.05) is 11.9 Å². The normalized spacial score (nSPS) is 19.5. The van der Waals surface area contributed by atoms with Gasteiger partial charge in [-0.25, -0.2) is 0 Å². The van der Waals surface area contributed by atoms with Crippen LogP contribution in [0.4, 0.5) is 0 Å². The maximum Gasteiger partial charge on any atom is 0.236 e. The van der Waals surface area contributed by atoms with Crippen LogP contribution in [0.3, 0.4) is 0 Å². The number of carbonyl (C=O) groups excluding carboxylic acids is 1. The highest BCUT2D eigenvalue weighted by molar-refractivity contribution is 5.78. The van der Waals surface area contributed by atoms with Crippen LogP contribution >= 0.6 is 0 Å². The lowest BCUT2D eigenvalue weighted by molar-refractivity contribution is -0.130. The zero-order valence-electron chi connectivity index (χ0n) is 8.46. The molecule has 76 valence electrons. The van der Waals surface area contributed by atoms with Crippen molar-refractivity contribution in [3.8, 4) is 0 Å². The summed E-state index contributed by atoms with van der Waals surface area (Å²) in [6, 6.07) is 0.443. The van der Waals surface area contributed by atoms with Crippen LogP contribution in [0.25, 0.3) is 0 Å². The quantitative estimate of drug-likeness (QED) is 0.654. The smallest absolute Gasteiger partial charge is 0.236 e. The van der Waals surface area contributed by atoms with Crippen LogP contribution in [0.15, 0.2) is 0 Å². The summed E-state index contributed by atoms with van der Waals surface area (Å²) in [6.45, 7) is 0.146. The van der Waals surface area contributed by atoms with E-state index in [1.54, 1.807) is 0 Å². The summed E-state index contributed by atoms with van der Waals surface area (Å²) in [4.78, 5) is 13.2. The first kappa shape index (κ1) is 10.5. The molecule has 1 aliphatic rings. The summed E-state index contributed by atoms with van der Waals surface area (Å²) in [5.41, 5.74) is 5.33. The van der Waals surface area contributed by atoms with Crippen molar-refractivity contribution in [2.75, 3.05) is 13.6 Å². The number of hydrogen-bond donors (Lipinski definition) is 1. The minimum Gasteiger partial charge on any atom is -0.342 e. The number of likely N-dealkylation sites (N-methyl/N-ethyl adjacent to an activating group) is 1. The van der Waals surface area contributed by atoms with Crippen molar-refractivity contribution in [1.29, 1.82) is 0 Å². The van der Waals surface area contributed by atoms with Crippen molar-refractivity contribution in [1.82, 2.24) is 4.90 Å². The van der Waals surface area contributed by atoms with Crippen LogP contribution in [-0.2, 0) is 4.79 Å². The van der Waals surface area contributed by atoms with E-state index in [0.29, 0.717) is 6.04 Å². The molecule has 0 aliphatic heterocycles. The van der Waals surface area contributed by atoms with Gasteiger partial charge < -0.3 is 10.6 Å². The number of rotatable bonds is 2.